The van der Waals surface area contributed by atoms with Gasteiger partial charge in [0.25, 0.3) is 0 Å². The molecule has 7 nitrogen and oxygen atoms in total. The third-order valence-corrected chi connectivity index (χ3v) is 11.1. The van der Waals surface area contributed by atoms with Crippen molar-refractivity contribution in [3.05, 3.63) is 234 Å². The van der Waals surface area contributed by atoms with Gasteiger partial charge in [-0.3, -0.25) is 9.56 Å². The molecule has 0 saturated carbocycles. The Labute approximate surface area is 363 Å². The minimum absolute atomic E-state index is 0.446. The summed E-state index contributed by atoms with van der Waals surface area (Å²) in [4.78, 5) is 14.8. The number of aromatic nitrogens is 2. The van der Waals surface area contributed by atoms with Crippen molar-refractivity contribution in [3.8, 4) is 11.1 Å². The summed E-state index contributed by atoms with van der Waals surface area (Å²) < 4.78 is 4.49. The van der Waals surface area contributed by atoms with E-state index in [1.807, 2.05) is 85.8 Å². The van der Waals surface area contributed by atoms with E-state index in [9.17, 15) is 0 Å². The van der Waals surface area contributed by atoms with E-state index < -0.39 is 0 Å². The molecule has 0 radical (unpaired) electrons. The number of nitrogens with two attached hydrogens (primary N) is 2. The third-order valence-electron chi connectivity index (χ3n) is 11.1. The molecule has 0 amide bonds. The molecule has 0 bridgehead atoms. The molecule has 5 aromatic carbocycles. The van der Waals surface area contributed by atoms with Crippen molar-refractivity contribution in [1.29, 1.82) is 0 Å². The van der Waals surface area contributed by atoms with Gasteiger partial charge >= 0.3 is 0 Å². The maximum absolute atomic E-state index is 5.90. The second-order valence-corrected chi connectivity index (χ2v) is 14.9. The fourth-order valence-corrected chi connectivity index (χ4v) is 8.13. The summed E-state index contributed by atoms with van der Waals surface area (Å²) >= 11 is 0. The van der Waals surface area contributed by atoms with Crippen LogP contribution in [-0.2, 0) is 19.5 Å². The van der Waals surface area contributed by atoms with E-state index >= 15 is 0 Å². The summed E-state index contributed by atoms with van der Waals surface area (Å²) in [6, 6.07) is 42.3. The first-order chi connectivity index (χ1) is 30.5. The summed E-state index contributed by atoms with van der Waals surface area (Å²) in [5, 5.41) is 3.51. The molecular weight excluding hydrogens is 759 g/mol. The number of aliphatic imine (C=N–C) groups is 3. The lowest BCUT2D eigenvalue weighted by Crippen LogP contribution is -2.15. The Kier molecular flexibility index (Phi) is 12.4. The first-order valence-corrected chi connectivity index (χ1v) is 20.7. The highest BCUT2D eigenvalue weighted by molar-refractivity contribution is 6.12. The van der Waals surface area contributed by atoms with Gasteiger partial charge in [0.2, 0.25) is 5.96 Å². The van der Waals surface area contributed by atoms with E-state index in [1.54, 1.807) is 12.4 Å². The molecule has 7 heteroatoms. The standard InChI is InChI=1S/C55H49N7/c1-4-17-45(37-57)41(5-2)21-14-15-33-61-50-25-13-12-24-46(50)49-35-43(28-31-51(49)61)44-27-29-47-48-34-39(20-16-32-56)26-30-52(48)62(53(47)36-44)55(58-3)60-54(42-22-10-7-11-23-42)59-38-40-18-8-6-9-19-40/h4-32,35-37H,2-3,33-34,38,56-57H2,1H3/b15-14-,17-4-,32-16-,39-20-,41-21+,45-37+,59-54?,60-55?. The zero-order chi connectivity index (χ0) is 42.8. The first kappa shape index (κ1) is 40.7. The number of allylic oxidation sites excluding steroid dienone is 12. The molecule has 0 aliphatic heterocycles. The van der Waals surface area contributed by atoms with Crippen molar-refractivity contribution in [2.45, 2.75) is 26.4 Å². The van der Waals surface area contributed by atoms with Crippen LogP contribution in [0.15, 0.2) is 227 Å². The van der Waals surface area contributed by atoms with Gasteiger partial charge in [-0.25, -0.2) is 4.99 Å². The molecule has 1 aliphatic carbocycles. The fraction of sp³-hybridized carbons (Fsp3) is 0.0727. The lowest BCUT2D eigenvalue weighted by Gasteiger charge is -2.13. The van der Waals surface area contributed by atoms with E-state index in [-0.39, 0.29) is 0 Å². The average molecular weight is 808 g/mol. The normalized spacial score (nSPS) is 14.7. The molecule has 304 valence electrons. The van der Waals surface area contributed by atoms with Crippen LogP contribution >= 0.6 is 0 Å². The van der Waals surface area contributed by atoms with Crippen LogP contribution in [0.4, 0.5) is 0 Å². The predicted molar refractivity (Wildman–Crippen MR) is 265 cm³/mol. The first-order valence-electron chi connectivity index (χ1n) is 20.7. The van der Waals surface area contributed by atoms with Gasteiger partial charge in [0.1, 0.15) is 0 Å². The second kappa shape index (κ2) is 18.9. The van der Waals surface area contributed by atoms with Crippen molar-refractivity contribution >= 4 is 57.3 Å². The van der Waals surface area contributed by atoms with Crippen LogP contribution in [0.3, 0.4) is 0 Å². The molecule has 62 heavy (non-hydrogen) atoms. The molecule has 0 saturated heterocycles. The van der Waals surface area contributed by atoms with Crippen LogP contribution < -0.4 is 11.5 Å². The highest BCUT2D eigenvalue weighted by Crippen LogP contribution is 2.38. The van der Waals surface area contributed by atoms with E-state index in [4.69, 9.17) is 21.5 Å². The molecule has 0 unspecified atom stereocenters. The molecule has 2 heterocycles. The molecule has 1 aliphatic rings. The largest absolute Gasteiger partial charge is 0.405 e. The van der Waals surface area contributed by atoms with Crippen LogP contribution in [0.25, 0.3) is 49.9 Å². The quantitative estimate of drug-likeness (QED) is 0.0773. The molecule has 8 rings (SSSR count). The SMILES string of the molecule is C=CC(=C\C=C/Cn1c2ccccc2c2cc(-c3ccc4c5c(n(C(N=C)=NC(=NCc6ccccc6)c6ccccc6)c4c3)C=C/C(=C/C=C\N)C5)ccc21)/C(/C=C\C)=C/N. The van der Waals surface area contributed by atoms with Gasteiger partial charge in [-0.2, -0.15) is 4.99 Å². The highest BCUT2D eigenvalue weighted by Gasteiger charge is 2.23. The van der Waals surface area contributed by atoms with Gasteiger partial charge in [-0.1, -0.05) is 152 Å². The number of hydrogen-bond donors (Lipinski definition) is 2. The monoisotopic (exact) mass is 807 g/mol. The Morgan fingerprint density at radius 2 is 1.50 bits per heavy atom. The van der Waals surface area contributed by atoms with Gasteiger partial charge in [0, 0.05) is 51.9 Å². The molecule has 2 aromatic heterocycles. The van der Waals surface area contributed by atoms with Gasteiger partial charge in [-0.15, -0.1) is 0 Å². The van der Waals surface area contributed by atoms with Crippen molar-refractivity contribution < 1.29 is 0 Å². The van der Waals surface area contributed by atoms with Gasteiger partial charge in [0.15, 0.2) is 5.84 Å². The Hall–Kier alpha value is -8.03. The topological polar surface area (TPSA) is 99.0 Å². The summed E-state index contributed by atoms with van der Waals surface area (Å²) in [5.41, 5.74) is 24.4. The molecule has 4 N–H and O–H groups in total. The maximum atomic E-state index is 5.90. The second-order valence-electron chi connectivity index (χ2n) is 14.9. The zero-order valence-corrected chi connectivity index (χ0v) is 34.9. The van der Waals surface area contributed by atoms with E-state index in [0.29, 0.717) is 24.9 Å². The smallest absolute Gasteiger partial charge is 0.236 e. The number of para-hydroxylation sites is 1. The van der Waals surface area contributed by atoms with Crippen molar-refractivity contribution in [3.63, 3.8) is 0 Å². The molecule has 7 aromatic rings. The van der Waals surface area contributed by atoms with Crippen LogP contribution in [0, 0.1) is 0 Å². The molecule has 0 spiro atoms. The van der Waals surface area contributed by atoms with Crippen LogP contribution in [0.1, 0.15) is 29.3 Å². The van der Waals surface area contributed by atoms with E-state index in [1.165, 1.54) is 21.9 Å². The van der Waals surface area contributed by atoms with Gasteiger partial charge in [-0.05, 0) is 95.2 Å². The lowest BCUT2D eigenvalue weighted by molar-refractivity contribution is 0.899. The van der Waals surface area contributed by atoms with Crippen molar-refractivity contribution in [1.82, 2.24) is 9.13 Å². The van der Waals surface area contributed by atoms with Crippen LogP contribution in [-0.4, -0.2) is 27.6 Å². The van der Waals surface area contributed by atoms with Gasteiger partial charge < -0.3 is 16.0 Å². The number of fused-ring (bicyclic) bond motifs is 6. The summed E-state index contributed by atoms with van der Waals surface area (Å²) in [6.45, 7) is 11.2. The maximum Gasteiger partial charge on any atom is 0.236 e. The van der Waals surface area contributed by atoms with Gasteiger partial charge in [0.05, 0.1) is 17.8 Å². The number of nitrogens with zero attached hydrogens (tertiary/aromatic N) is 5. The minimum Gasteiger partial charge on any atom is -0.405 e. The van der Waals surface area contributed by atoms with Crippen LogP contribution in [0.5, 0.6) is 0 Å². The molecule has 0 fully saturated rings. The summed E-state index contributed by atoms with van der Waals surface area (Å²) in [5.74, 6) is 1.03. The highest BCUT2D eigenvalue weighted by atomic mass is 15.2. The Bertz CT molecular complexity index is 3080. The lowest BCUT2D eigenvalue weighted by atomic mass is 9.95. The van der Waals surface area contributed by atoms with Crippen LogP contribution in [0.2, 0.25) is 0 Å². The third kappa shape index (κ3) is 8.37. The Morgan fingerprint density at radius 1 is 0.758 bits per heavy atom. The summed E-state index contributed by atoms with van der Waals surface area (Å²) in [7, 11) is 0. The molecule has 0 atom stereocenters. The van der Waals surface area contributed by atoms with E-state index in [2.05, 4.69) is 131 Å². The van der Waals surface area contributed by atoms with Crippen molar-refractivity contribution in [2.75, 3.05) is 0 Å². The Morgan fingerprint density at radius 3 is 2.26 bits per heavy atom. The number of rotatable bonds is 11. The number of hydrogen-bond acceptors (Lipinski definition) is 3. The minimum atomic E-state index is 0.446. The Balaban J connectivity index is 1.24. The molecular formula is C55H49N7. The predicted octanol–water partition coefficient (Wildman–Crippen LogP) is 12.0. The van der Waals surface area contributed by atoms with Crippen molar-refractivity contribution in [2.24, 2.45) is 26.4 Å². The number of amidine groups is 1. The fourth-order valence-electron chi connectivity index (χ4n) is 8.13. The van der Waals surface area contributed by atoms with E-state index in [0.717, 1.165) is 67.5 Å². The average Bonchev–Trinajstić information content (AvgIpc) is 3.82. The zero-order valence-electron chi connectivity index (χ0n) is 34.9. The number of benzene rings is 5. The summed E-state index contributed by atoms with van der Waals surface area (Å²) in [6.07, 6.45) is 24.1.